The van der Waals surface area contributed by atoms with Gasteiger partial charge in [-0.3, -0.25) is 4.79 Å². The molecule has 0 aliphatic carbocycles. The van der Waals surface area contributed by atoms with Crippen molar-refractivity contribution in [3.8, 4) is 0 Å². The van der Waals surface area contributed by atoms with E-state index in [-0.39, 0.29) is 12.5 Å². The van der Waals surface area contributed by atoms with Crippen LogP contribution >= 0.6 is 31.9 Å². The first-order valence-corrected chi connectivity index (χ1v) is 7.04. The lowest BCUT2D eigenvalue weighted by Gasteiger charge is -2.21. The molecule has 0 fully saturated rings. The Kier molecular flexibility index (Phi) is 6.16. The van der Waals surface area contributed by atoms with Crippen molar-refractivity contribution in [2.75, 3.05) is 19.7 Å². The second-order valence-electron chi connectivity index (χ2n) is 3.59. The van der Waals surface area contributed by atoms with Crippen molar-refractivity contribution in [2.24, 2.45) is 0 Å². The summed E-state index contributed by atoms with van der Waals surface area (Å²) in [5.41, 5.74) is 0.638. The second-order valence-corrected chi connectivity index (χ2v) is 5.36. The molecule has 1 rings (SSSR count). The first-order valence-electron chi connectivity index (χ1n) is 5.45. The first kappa shape index (κ1) is 14.7. The quantitative estimate of drug-likeness (QED) is 0.872. The van der Waals surface area contributed by atoms with Crippen molar-refractivity contribution in [3.05, 3.63) is 32.7 Å². The third-order valence-corrected chi connectivity index (χ3v) is 3.60. The molecule has 0 aromatic heterocycles. The Morgan fingerprint density at radius 2 is 2.12 bits per heavy atom. The van der Waals surface area contributed by atoms with Crippen LogP contribution in [-0.2, 0) is 0 Å². The van der Waals surface area contributed by atoms with Crippen LogP contribution in [0.15, 0.2) is 27.1 Å². The number of hydrogen-bond donors (Lipinski definition) is 1. The van der Waals surface area contributed by atoms with Gasteiger partial charge in [-0.2, -0.15) is 0 Å². The Labute approximate surface area is 118 Å². The average Bonchev–Trinajstić information content (AvgIpc) is 2.33. The highest BCUT2D eigenvalue weighted by molar-refractivity contribution is 9.11. The second kappa shape index (κ2) is 7.13. The fraction of sp³-hybridized carbons (Fsp3) is 0.417. The van der Waals surface area contributed by atoms with E-state index in [1.54, 1.807) is 11.0 Å². The highest BCUT2D eigenvalue weighted by Crippen LogP contribution is 2.23. The van der Waals surface area contributed by atoms with Gasteiger partial charge >= 0.3 is 0 Å². The maximum absolute atomic E-state index is 12.2. The molecule has 1 aromatic carbocycles. The minimum absolute atomic E-state index is 0.0193. The number of carbonyl (C=O) groups excluding carboxylic acids is 1. The van der Waals surface area contributed by atoms with Crippen LogP contribution in [0.4, 0.5) is 0 Å². The van der Waals surface area contributed by atoms with E-state index in [0.29, 0.717) is 25.1 Å². The van der Waals surface area contributed by atoms with Crippen molar-refractivity contribution in [1.29, 1.82) is 0 Å². The van der Waals surface area contributed by atoms with Gasteiger partial charge in [-0.25, -0.2) is 0 Å². The summed E-state index contributed by atoms with van der Waals surface area (Å²) in [4.78, 5) is 14.0. The van der Waals surface area contributed by atoms with Crippen molar-refractivity contribution in [3.63, 3.8) is 0 Å². The molecule has 0 aliphatic rings. The van der Waals surface area contributed by atoms with Gasteiger partial charge in [0.1, 0.15) is 0 Å². The van der Waals surface area contributed by atoms with E-state index in [9.17, 15) is 4.79 Å². The summed E-state index contributed by atoms with van der Waals surface area (Å²) in [5.74, 6) is -0.0193. The minimum Gasteiger partial charge on any atom is -0.396 e. The van der Waals surface area contributed by atoms with E-state index in [1.807, 2.05) is 19.1 Å². The lowest BCUT2D eigenvalue weighted by Crippen LogP contribution is -2.32. The highest BCUT2D eigenvalue weighted by Gasteiger charge is 2.16. The van der Waals surface area contributed by atoms with E-state index < -0.39 is 0 Å². The Morgan fingerprint density at radius 3 is 2.71 bits per heavy atom. The molecular formula is C12H15Br2NO2. The molecule has 0 spiro atoms. The molecule has 0 atom stereocenters. The summed E-state index contributed by atoms with van der Waals surface area (Å²) < 4.78 is 1.66. The summed E-state index contributed by atoms with van der Waals surface area (Å²) in [6, 6.07) is 5.52. The van der Waals surface area contributed by atoms with E-state index in [2.05, 4.69) is 31.9 Å². The maximum atomic E-state index is 12.2. The van der Waals surface area contributed by atoms with Gasteiger partial charge < -0.3 is 10.0 Å². The van der Waals surface area contributed by atoms with E-state index in [4.69, 9.17) is 5.11 Å². The maximum Gasteiger partial charge on any atom is 0.255 e. The number of nitrogens with zero attached hydrogens (tertiary/aromatic N) is 1. The fourth-order valence-corrected chi connectivity index (χ4v) is 2.27. The highest BCUT2D eigenvalue weighted by atomic mass is 79.9. The van der Waals surface area contributed by atoms with Gasteiger partial charge in [-0.05, 0) is 47.5 Å². The van der Waals surface area contributed by atoms with Crippen molar-refractivity contribution in [1.82, 2.24) is 4.90 Å². The monoisotopic (exact) mass is 363 g/mol. The van der Waals surface area contributed by atoms with Gasteiger partial charge in [0.25, 0.3) is 5.91 Å². The molecule has 5 heteroatoms. The van der Waals surface area contributed by atoms with Gasteiger partial charge in [0.15, 0.2) is 0 Å². The van der Waals surface area contributed by atoms with Crippen LogP contribution in [-0.4, -0.2) is 35.6 Å². The van der Waals surface area contributed by atoms with Crippen LogP contribution in [0.2, 0.25) is 0 Å². The van der Waals surface area contributed by atoms with E-state index in [0.717, 1.165) is 8.95 Å². The molecule has 1 aromatic rings. The molecule has 0 bridgehead atoms. The van der Waals surface area contributed by atoms with Crippen LogP contribution in [0.25, 0.3) is 0 Å². The molecule has 3 nitrogen and oxygen atoms in total. The van der Waals surface area contributed by atoms with Crippen LogP contribution in [0, 0.1) is 0 Å². The predicted octanol–water partition coefficient (Wildman–Crippen LogP) is 3.06. The van der Waals surface area contributed by atoms with Crippen molar-refractivity contribution < 1.29 is 9.90 Å². The molecule has 0 radical (unpaired) electrons. The number of aliphatic hydroxyl groups excluding tert-OH is 1. The SMILES string of the molecule is CCN(CCCO)C(=O)c1cc(Br)ccc1Br. The zero-order valence-electron chi connectivity index (χ0n) is 9.62. The largest absolute Gasteiger partial charge is 0.396 e. The zero-order chi connectivity index (χ0) is 12.8. The Morgan fingerprint density at radius 1 is 1.41 bits per heavy atom. The van der Waals surface area contributed by atoms with Crippen LogP contribution in [0.5, 0.6) is 0 Å². The third kappa shape index (κ3) is 4.08. The van der Waals surface area contributed by atoms with Crippen LogP contribution < -0.4 is 0 Å². The summed E-state index contributed by atoms with van der Waals surface area (Å²) >= 11 is 6.74. The molecular weight excluding hydrogens is 350 g/mol. The van der Waals surface area contributed by atoms with Gasteiger partial charge in [0.05, 0.1) is 5.56 Å². The number of carbonyl (C=O) groups is 1. The number of halogens is 2. The van der Waals surface area contributed by atoms with Crippen LogP contribution in [0.1, 0.15) is 23.7 Å². The molecule has 0 heterocycles. The van der Waals surface area contributed by atoms with Crippen LogP contribution in [0.3, 0.4) is 0 Å². The number of amides is 1. The lowest BCUT2D eigenvalue weighted by molar-refractivity contribution is 0.0753. The summed E-state index contributed by atoms with van der Waals surface area (Å²) in [6.45, 7) is 3.24. The summed E-state index contributed by atoms with van der Waals surface area (Å²) in [5, 5.41) is 8.81. The molecule has 17 heavy (non-hydrogen) atoms. The third-order valence-electron chi connectivity index (χ3n) is 2.41. The standard InChI is InChI=1S/C12H15Br2NO2/c1-2-15(6-3-7-16)12(17)10-8-9(13)4-5-11(10)14/h4-5,8,16H,2-3,6-7H2,1H3. The van der Waals surface area contributed by atoms with Crippen molar-refractivity contribution >= 4 is 37.8 Å². The Bertz CT molecular complexity index is 396. The zero-order valence-corrected chi connectivity index (χ0v) is 12.8. The lowest BCUT2D eigenvalue weighted by atomic mass is 10.2. The Balaban J connectivity index is 2.89. The topological polar surface area (TPSA) is 40.5 Å². The van der Waals surface area contributed by atoms with Gasteiger partial charge in [0, 0.05) is 28.6 Å². The van der Waals surface area contributed by atoms with E-state index >= 15 is 0 Å². The number of hydrogen-bond acceptors (Lipinski definition) is 2. The average molecular weight is 365 g/mol. The number of rotatable bonds is 5. The molecule has 0 unspecified atom stereocenters. The summed E-state index contributed by atoms with van der Waals surface area (Å²) in [6.07, 6.45) is 0.602. The van der Waals surface area contributed by atoms with Crippen molar-refractivity contribution in [2.45, 2.75) is 13.3 Å². The minimum atomic E-state index is -0.0193. The van der Waals surface area contributed by atoms with Gasteiger partial charge in [0.2, 0.25) is 0 Å². The first-order chi connectivity index (χ1) is 8.10. The summed E-state index contributed by atoms with van der Waals surface area (Å²) in [7, 11) is 0. The fourth-order valence-electron chi connectivity index (χ4n) is 1.50. The predicted molar refractivity (Wildman–Crippen MR) is 75.1 cm³/mol. The molecule has 1 N–H and O–H groups in total. The van der Waals surface area contributed by atoms with Gasteiger partial charge in [-0.1, -0.05) is 15.9 Å². The Hall–Kier alpha value is -0.390. The van der Waals surface area contributed by atoms with Gasteiger partial charge in [-0.15, -0.1) is 0 Å². The molecule has 1 amide bonds. The smallest absolute Gasteiger partial charge is 0.255 e. The molecule has 94 valence electrons. The van der Waals surface area contributed by atoms with E-state index in [1.165, 1.54) is 0 Å². The molecule has 0 saturated carbocycles. The molecule has 0 aliphatic heterocycles. The molecule has 0 saturated heterocycles. The normalized spacial score (nSPS) is 10.4. The number of benzene rings is 1. The number of aliphatic hydroxyl groups is 1.